The summed E-state index contributed by atoms with van der Waals surface area (Å²) in [7, 11) is 7.24. The van der Waals surface area contributed by atoms with Crippen LogP contribution in [0.5, 0.6) is 0 Å². The Morgan fingerprint density at radius 2 is 1.90 bits per heavy atom. The van der Waals surface area contributed by atoms with Gasteiger partial charge in [-0.2, -0.15) is 4.98 Å². The molecule has 2 aromatic rings. The molecule has 2 amide bonds. The molecule has 0 radical (unpaired) electrons. The molecule has 0 bridgehead atoms. The van der Waals surface area contributed by atoms with Crippen LogP contribution in [0.3, 0.4) is 0 Å². The van der Waals surface area contributed by atoms with E-state index in [-0.39, 0.29) is 11.9 Å². The van der Waals surface area contributed by atoms with Crippen molar-refractivity contribution in [2.24, 2.45) is 0 Å². The van der Waals surface area contributed by atoms with Crippen molar-refractivity contribution in [2.75, 3.05) is 56.5 Å². The average molecular weight is 427 g/mol. The summed E-state index contributed by atoms with van der Waals surface area (Å²) < 4.78 is 5.44. The number of anilines is 4. The molecule has 1 aliphatic heterocycles. The van der Waals surface area contributed by atoms with E-state index in [1.807, 2.05) is 38.1 Å². The number of carbonyl (C=O) groups is 2. The Hall–Kier alpha value is -3.20. The number of aryl methyl sites for hydroxylation is 1. The van der Waals surface area contributed by atoms with E-state index in [4.69, 9.17) is 4.74 Å². The van der Waals surface area contributed by atoms with Gasteiger partial charge >= 0.3 is 0 Å². The summed E-state index contributed by atoms with van der Waals surface area (Å²) in [5.41, 5.74) is 3.06. The van der Waals surface area contributed by atoms with Crippen molar-refractivity contribution in [3.8, 4) is 0 Å². The third-order valence-electron chi connectivity index (χ3n) is 5.30. The lowest BCUT2D eigenvalue weighted by atomic mass is 10.1. The average Bonchev–Trinajstić information content (AvgIpc) is 2.76. The van der Waals surface area contributed by atoms with Gasteiger partial charge in [-0.25, -0.2) is 4.98 Å². The standard InChI is InChI=1S/C22H30N6O3/c1-15-12-16(21(30)27(4)5)6-7-18(15)24-22-23-13-19(26(2)3)20(25-22)28(14-29)17-8-10-31-11-9-17/h6-7,12-14,17H,8-11H2,1-5H3,(H,23,24,25). The van der Waals surface area contributed by atoms with Crippen LogP contribution >= 0.6 is 0 Å². The smallest absolute Gasteiger partial charge is 0.253 e. The Balaban J connectivity index is 1.91. The highest BCUT2D eigenvalue weighted by atomic mass is 16.5. The van der Waals surface area contributed by atoms with Gasteiger partial charge < -0.3 is 19.9 Å². The summed E-state index contributed by atoms with van der Waals surface area (Å²) in [6.45, 7) is 3.17. The van der Waals surface area contributed by atoms with E-state index < -0.39 is 0 Å². The van der Waals surface area contributed by atoms with Crippen molar-refractivity contribution in [1.29, 1.82) is 0 Å². The molecule has 1 aromatic carbocycles. The second kappa shape index (κ2) is 9.74. The Bertz CT molecular complexity index is 941. The molecule has 9 heteroatoms. The molecule has 2 heterocycles. The van der Waals surface area contributed by atoms with Gasteiger partial charge in [0, 0.05) is 58.7 Å². The summed E-state index contributed by atoms with van der Waals surface area (Å²) in [5, 5.41) is 3.22. The van der Waals surface area contributed by atoms with Crippen LogP contribution in [-0.2, 0) is 9.53 Å². The molecular formula is C22H30N6O3. The lowest BCUT2D eigenvalue weighted by Gasteiger charge is -2.32. The second-order valence-electron chi connectivity index (χ2n) is 8.01. The second-order valence-corrected chi connectivity index (χ2v) is 8.01. The number of amides is 2. The van der Waals surface area contributed by atoms with Crippen LogP contribution in [0.25, 0.3) is 0 Å². The third-order valence-corrected chi connectivity index (χ3v) is 5.30. The normalized spacial score (nSPS) is 14.1. The van der Waals surface area contributed by atoms with Crippen LogP contribution in [0.2, 0.25) is 0 Å². The van der Waals surface area contributed by atoms with Crippen molar-refractivity contribution in [3.05, 3.63) is 35.5 Å². The van der Waals surface area contributed by atoms with E-state index in [9.17, 15) is 9.59 Å². The Labute approximate surface area is 183 Å². The first-order valence-corrected chi connectivity index (χ1v) is 10.3. The number of nitrogens with zero attached hydrogens (tertiary/aromatic N) is 5. The summed E-state index contributed by atoms with van der Waals surface area (Å²) >= 11 is 0. The monoisotopic (exact) mass is 426 g/mol. The van der Waals surface area contributed by atoms with Gasteiger partial charge in [-0.15, -0.1) is 0 Å². The van der Waals surface area contributed by atoms with Crippen LogP contribution in [0.1, 0.15) is 28.8 Å². The highest BCUT2D eigenvalue weighted by molar-refractivity contribution is 5.94. The molecule has 1 aromatic heterocycles. The van der Waals surface area contributed by atoms with Crippen molar-refractivity contribution in [3.63, 3.8) is 0 Å². The topological polar surface area (TPSA) is 90.9 Å². The number of carbonyl (C=O) groups excluding carboxylic acids is 2. The first-order chi connectivity index (χ1) is 14.8. The van der Waals surface area contributed by atoms with E-state index in [1.165, 1.54) is 0 Å². The van der Waals surface area contributed by atoms with Gasteiger partial charge in [-0.3, -0.25) is 14.5 Å². The Morgan fingerprint density at radius 3 is 2.48 bits per heavy atom. The number of benzene rings is 1. The zero-order chi connectivity index (χ0) is 22.5. The van der Waals surface area contributed by atoms with E-state index in [1.54, 1.807) is 36.2 Å². The van der Waals surface area contributed by atoms with E-state index in [2.05, 4.69) is 15.3 Å². The van der Waals surface area contributed by atoms with Crippen molar-refractivity contribution in [1.82, 2.24) is 14.9 Å². The largest absolute Gasteiger partial charge is 0.381 e. The molecule has 0 unspecified atom stereocenters. The Kier molecular flexibility index (Phi) is 7.06. The number of hydrogen-bond acceptors (Lipinski definition) is 7. The van der Waals surface area contributed by atoms with Gasteiger partial charge in [0.1, 0.15) is 0 Å². The first-order valence-electron chi connectivity index (χ1n) is 10.3. The number of aromatic nitrogens is 2. The summed E-state index contributed by atoms with van der Waals surface area (Å²) in [6.07, 6.45) is 4.07. The molecule has 0 saturated carbocycles. The van der Waals surface area contributed by atoms with Crippen LogP contribution < -0.4 is 15.1 Å². The van der Waals surface area contributed by atoms with Crippen molar-refractivity contribution >= 4 is 35.5 Å². The van der Waals surface area contributed by atoms with E-state index >= 15 is 0 Å². The quantitative estimate of drug-likeness (QED) is 0.680. The number of hydrogen-bond donors (Lipinski definition) is 1. The van der Waals surface area contributed by atoms with E-state index in [0.29, 0.717) is 30.5 Å². The summed E-state index contributed by atoms with van der Waals surface area (Å²) in [5.74, 6) is 0.886. The zero-order valence-electron chi connectivity index (χ0n) is 18.8. The zero-order valence-corrected chi connectivity index (χ0v) is 18.8. The molecule has 1 fully saturated rings. The minimum Gasteiger partial charge on any atom is -0.381 e. The maximum Gasteiger partial charge on any atom is 0.253 e. The fourth-order valence-corrected chi connectivity index (χ4v) is 3.52. The molecule has 0 spiro atoms. The summed E-state index contributed by atoms with van der Waals surface area (Å²) in [6, 6.07) is 5.47. The van der Waals surface area contributed by atoms with Crippen molar-refractivity contribution < 1.29 is 14.3 Å². The van der Waals surface area contributed by atoms with Crippen molar-refractivity contribution in [2.45, 2.75) is 25.8 Å². The third kappa shape index (κ3) is 5.11. The lowest BCUT2D eigenvalue weighted by Crippen LogP contribution is -2.40. The van der Waals surface area contributed by atoms with Crippen LogP contribution in [0.4, 0.5) is 23.1 Å². The van der Waals surface area contributed by atoms with Gasteiger partial charge in [0.15, 0.2) is 5.82 Å². The highest BCUT2D eigenvalue weighted by Crippen LogP contribution is 2.30. The molecule has 166 valence electrons. The number of nitrogens with one attached hydrogen (secondary N) is 1. The fourth-order valence-electron chi connectivity index (χ4n) is 3.52. The van der Waals surface area contributed by atoms with E-state index in [0.717, 1.165) is 36.2 Å². The Morgan fingerprint density at radius 1 is 1.19 bits per heavy atom. The predicted octanol–water partition coefficient (Wildman–Crippen LogP) is 2.44. The minimum absolute atomic E-state index is 0.0331. The van der Waals surface area contributed by atoms with Gasteiger partial charge in [-0.05, 0) is 43.5 Å². The number of rotatable bonds is 7. The molecule has 0 aliphatic carbocycles. The van der Waals surface area contributed by atoms with Crippen LogP contribution in [-0.4, -0.2) is 74.6 Å². The van der Waals surface area contributed by atoms with Crippen LogP contribution in [0, 0.1) is 6.92 Å². The predicted molar refractivity (Wildman–Crippen MR) is 121 cm³/mol. The summed E-state index contributed by atoms with van der Waals surface area (Å²) in [4.78, 5) is 38.4. The molecule has 3 rings (SSSR count). The molecule has 1 N–H and O–H groups in total. The lowest BCUT2D eigenvalue weighted by molar-refractivity contribution is -0.108. The van der Waals surface area contributed by atoms with Gasteiger partial charge in [-0.1, -0.05) is 0 Å². The fraction of sp³-hybridized carbons (Fsp3) is 0.455. The van der Waals surface area contributed by atoms with Gasteiger partial charge in [0.2, 0.25) is 12.4 Å². The highest BCUT2D eigenvalue weighted by Gasteiger charge is 2.26. The van der Waals surface area contributed by atoms with Gasteiger partial charge in [0.05, 0.1) is 11.9 Å². The molecule has 9 nitrogen and oxygen atoms in total. The maximum atomic E-state index is 12.2. The minimum atomic E-state index is -0.0541. The number of ether oxygens (including phenoxy) is 1. The molecule has 31 heavy (non-hydrogen) atoms. The maximum absolute atomic E-state index is 12.2. The molecule has 1 saturated heterocycles. The molecule has 1 aliphatic rings. The molecular weight excluding hydrogens is 396 g/mol. The first kappa shape index (κ1) is 22.5. The SMILES string of the molecule is Cc1cc(C(=O)N(C)C)ccc1Nc1ncc(N(C)C)c(N(C=O)C2CCOCC2)n1. The molecule has 0 atom stereocenters. The van der Waals surface area contributed by atoms with Crippen LogP contribution in [0.15, 0.2) is 24.4 Å². The van der Waals surface area contributed by atoms with Gasteiger partial charge in [0.25, 0.3) is 5.91 Å².